The molecule has 1 saturated heterocycles. The third-order valence-corrected chi connectivity index (χ3v) is 4.69. The van der Waals surface area contributed by atoms with Gasteiger partial charge in [0.2, 0.25) is 0 Å². The number of hydrogen-bond donors (Lipinski definition) is 1. The second-order valence-electron chi connectivity index (χ2n) is 6.75. The highest BCUT2D eigenvalue weighted by atomic mass is 19.4. The summed E-state index contributed by atoms with van der Waals surface area (Å²) < 4.78 is 43.4. The molecule has 144 valence electrons. The van der Waals surface area contributed by atoms with E-state index in [0.717, 1.165) is 37.1 Å². The van der Waals surface area contributed by atoms with Gasteiger partial charge in [-0.15, -0.1) is 0 Å². The molecular formula is C21H22F3NO2. The maximum Gasteiger partial charge on any atom is 0.416 e. The van der Waals surface area contributed by atoms with Gasteiger partial charge in [0.1, 0.15) is 18.1 Å². The van der Waals surface area contributed by atoms with E-state index in [9.17, 15) is 18.0 Å². The standard InChI is InChI=1S/C21H22F3NO2/c22-21(23,24)17-9-6-16(7-10-17)14-27-18-4-1-3-15(13-18)8-11-20(26)19-5-2-12-25-19/h1,3-4,6-7,9-10,13,19,25H,2,5,8,11-12,14H2/t19-/m0/s1. The van der Waals surface area contributed by atoms with Crippen LogP contribution in [0.1, 0.15) is 36.0 Å². The SMILES string of the molecule is O=C(CCc1cccc(OCc2ccc(C(F)(F)F)cc2)c1)[C@@H]1CCCN1. The predicted octanol–water partition coefficient (Wildman–Crippen LogP) is 4.54. The fourth-order valence-corrected chi connectivity index (χ4v) is 3.15. The van der Waals surface area contributed by atoms with E-state index >= 15 is 0 Å². The van der Waals surface area contributed by atoms with Gasteiger partial charge in [-0.2, -0.15) is 13.2 Å². The van der Waals surface area contributed by atoms with E-state index in [1.807, 2.05) is 18.2 Å². The fourth-order valence-electron chi connectivity index (χ4n) is 3.15. The molecule has 1 atom stereocenters. The topological polar surface area (TPSA) is 38.3 Å². The van der Waals surface area contributed by atoms with Crippen LogP contribution in [0.4, 0.5) is 13.2 Å². The lowest BCUT2D eigenvalue weighted by Crippen LogP contribution is -2.30. The Balaban J connectivity index is 1.52. The molecule has 0 aromatic heterocycles. The highest BCUT2D eigenvalue weighted by molar-refractivity contribution is 5.84. The number of carbonyl (C=O) groups excluding carboxylic acids is 1. The monoisotopic (exact) mass is 377 g/mol. The number of aryl methyl sites for hydroxylation is 1. The number of Topliss-reactive ketones (excluding diaryl/α,β-unsaturated/α-hetero) is 1. The van der Waals surface area contributed by atoms with Crippen LogP contribution in [0, 0.1) is 0 Å². The number of ether oxygens (including phenoxy) is 1. The molecule has 6 heteroatoms. The van der Waals surface area contributed by atoms with E-state index in [1.165, 1.54) is 12.1 Å². The Labute approximate surface area is 156 Å². The molecule has 0 aliphatic carbocycles. The number of benzene rings is 2. The summed E-state index contributed by atoms with van der Waals surface area (Å²) in [5.41, 5.74) is 0.997. The van der Waals surface area contributed by atoms with Crippen molar-refractivity contribution in [2.24, 2.45) is 0 Å². The smallest absolute Gasteiger partial charge is 0.416 e. The van der Waals surface area contributed by atoms with E-state index in [2.05, 4.69) is 5.32 Å². The summed E-state index contributed by atoms with van der Waals surface area (Å²) in [4.78, 5) is 12.1. The fraction of sp³-hybridized carbons (Fsp3) is 0.381. The summed E-state index contributed by atoms with van der Waals surface area (Å²) in [6.07, 6.45) is -1.24. The van der Waals surface area contributed by atoms with Crippen molar-refractivity contribution in [1.82, 2.24) is 5.32 Å². The van der Waals surface area contributed by atoms with Gasteiger partial charge in [0.15, 0.2) is 0 Å². The van der Waals surface area contributed by atoms with Crippen molar-refractivity contribution in [2.75, 3.05) is 6.54 Å². The Morgan fingerprint density at radius 3 is 2.56 bits per heavy atom. The van der Waals surface area contributed by atoms with E-state index in [4.69, 9.17) is 4.74 Å². The highest BCUT2D eigenvalue weighted by Crippen LogP contribution is 2.29. The molecule has 0 amide bonds. The van der Waals surface area contributed by atoms with Gasteiger partial charge in [0.25, 0.3) is 0 Å². The van der Waals surface area contributed by atoms with Gasteiger partial charge in [0, 0.05) is 6.42 Å². The van der Waals surface area contributed by atoms with E-state index in [0.29, 0.717) is 24.2 Å². The van der Waals surface area contributed by atoms with E-state index in [1.54, 1.807) is 6.07 Å². The van der Waals surface area contributed by atoms with Crippen LogP contribution in [0.15, 0.2) is 48.5 Å². The first-order valence-electron chi connectivity index (χ1n) is 9.06. The minimum atomic E-state index is -4.33. The molecule has 0 radical (unpaired) electrons. The zero-order chi connectivity index (χ0) is 19.3. The molecule has 1 N–H and O–H groups in total. The second-order valence-corrected chi connectivity index (χ2v) is 6.75. The maximum atomic E-state index is 12.6. The Morgan fingerprint density at radius 1 is 1.11 bits per heavy atom. The van der Waals surface area contributed by atoms with Gasteiger partial charge in [-0.3, -0.25) is 4.79 Å². The molecule has 3 rings (SSSR count). The zero-order valence-electron chi connectivity index (χ0n) is 14.9. The van der Waals surface area contributed by atoms with Gasteiger partial charge < -0.3 is 10.1 Å². The normalized spacial score (nSPS) is 17.1. The van der Waals surface area contributed by atoms with Crippen LogP contribution >= 0.6 is 0 Å². The van der Waals surface area contributed by atoms with Crippen molar-refractivity contribution >= 4 is 5.78 Å². The Bertz CT molecular complexity index is 766. The second kappa shape index (κ2) is 8.57. The number of nitrogens with one attached hydrogen (secondary N) is 1. The van der Waals surface area contributed by atoms with Gasteiger partial charge in [-0.25, -0.2) is 0 Å². The van der Waals surface area contributed by atoms with Crippen LogP contribution in [0.5, 0.6) is 5.75 Å². The van der Waals surface area contributed by atoms with Crippen molar-refractivity contribution in [3.8, 4) is 5.75 Å². The molecule has 0 unspecified atom stereocenters. The van der Waals surface area contributed by atoms with E-state index in [-0.39, 0.29) is 18.4 Å². The number of halogens is 3. The summed E-state index contributed by atoms with van der Waals surface area (Å²) >= 11 is 0. The summed E-state index contributed by atoms with van der Waals surface area (Å²) in [6, 6.07) is 12.4. The first-order valence-corrected chi connectivity index (χ1v) is 9.06. The maximum absolute atomic E-state index is 12.6. The molecule has 3 nitrogen and oxygen atoms in total. The van der Waals surface area contributed by atoms with Crippen LogP contribution < -0.4 is 10.1 Å². The molecule has 1 fully saturated rings. The lowest BCUT2D eigenvalue weighted by molar-refractivity contribution is -0.137. The molecule has 0 saturated carbocycles. The van der Waals surface area contributed by atoms with Crippen LogP contribution in [0.3, 0.4) is 0 Å². The number of ketones is 1. The Kier molecular flexibility index (Phi) is 6.16. The minimum absolute atomic E-state index is 0.0101. The van der Waals surface area contributed by atoms with E-state index < -0.39 is 11.7 Å². The molecular weight excluding hydrogens is 355 g/mol. The molecule has 0 spiro atoms. The third-order valence-electron chi connectivity index (χ3n) is 4.69. The van der Waals surface area contributed by atoms with Crippen LogP contribution in [-0.2, 0) is 24.0 Å². The Morgan fingerprint density at radius 2 is 1.89 bits per heavy atom. The molecule has 2 aromatic rings. The van der Waals surface area contributed by atoms with Gasteiger partial charge >= 0.3 is 6.18 Å². The molecule has 0 bridgehead atoms. The Hall–Kier alpha value is -2.34. The zero-order valence-corrected chi connectivity index (χ0v) is 14.9. The van der Waals surface area contributed by atoms with Crippen LogP contribution in [-0.4, -0.2) is 18.4 Å². The number of rotatable bonds is 7. The number of carbonyl (C=O) groups is 1. The average molecular weight is 377 g/mol. The van der Waals surface area contributed by atoms with Crippen molar-refractivity contribution in [2.45, 2.75) is 44.5 Å². The third kappa shape index (κ3) is 5.57. The summed E-state index contributed by atoms with van der Waals surface area (Å²) in [7, 11) is 0. The van der Waals surface area contributed by atoms with Crippen molar-refractivity contribution in [3.63, 3.8) is 0 Å². The van der Waals surface area contributed by atoms with Crippen molar-refractivity contribution < 1.29 is 22.7 Å². The lowest BCUT2D eigenvalue weighted by atomic mass is 10.0. The first-order chi connectivity index (χ1) is 12.9. The molecule has 1 aliphatic rings. The average Bonchev–Trinajstić information content (AvgIpc) is 3.19. The molecule has 27 heavy (non-hydrogen) atoms. The lowest BCUT2D eigenvalue weighted by Gasteiger charge is -2.11. The van der Waals surface area contributed by atoms with Crippen molar-refractivity contribution in [1.29, 1.82) is 0 Å². The largest absolute Gasteiger partial charge is 0.489 e. The van der Waals surface area contributed by atoms with Crippen LogP contribution in [0.25, 0.3) is 0 Å². The summed E-state index contributed by atoms with van der Waals surface area (Å²) in [6.45, 7) is 1.09. The van der Waals surface area contributed by atoms with Crippen LogP contribution in [0.2, 0.25) is 0 Å². The predicted molar refractivity (Wildman–Crippen MR) is 96.6 cm³/mol. The summed E-state index contributed by atoms with van der Waals surface area (Å²) in [5.74, 6) is 0.877. The molecule has 1 aliphatic heterocycles. The number of alkyl halides is 3. The quantitative estimate of drug-likeness (QED) is 0.770. The van der Waals surface area contributed by atoms with Gasteiger partial charge in [-0.1, -0.05) is 24.3 Å². The number of hydrogen-bond acceptors (Lipinski definition) is 3. The van der Waals surface area contributed by atoms with Gasteiger partial charge in [0.05, 0.1) is 11.6 Å². The van der Waals surface area contributed by atoms with Crippen molar-refractivity contribution in [3.05, 3.63) is 65.2 Å². The first kappa shape index (κ1) is 19.4. The molecule has 2 aromatic carbocycles. The minimum Gasteiger partial charge on any atom is -0.489 e. The van der Waals surface area contributed by atoms with Gasteiger partial charge in [-0.05, 0) is 61.2 Å². The highest BCUT2D eigenvalue weighted by Gasteiger charge is 2.29. The summed E-state index contributed by atoms with van der Waals surface area (Å²) in [5, 5.41) is 3.21. The molecule has 1 heterocycles.